The predicted molar refractivity (Wildman–Crippen MR) is 108 cm³/mol. The second-order valence-electron chi connectivity index (χ2n) is 7.08. The van der Waals surface area contributed by atoms with Gasteiger partial charge in [-0.3, -0.25) is 4.57 Å². The minimum Gasteiger partial charge on any atom is -0.479 e. The van der Waals surface area contributed by atoms with Crippen LogP contribution in [0.1, 0.15) is 31.9 Å². The number of hydrogen-bond acceptors (Lipinski definition) is 10. The van der Waals surface area contributed by atoms with Crippen LogP contribution in [0.3, 0.4) is 0 Å². The molecule has 0 aliphatic rings. The molecule has 0 saturated heterocycles. The standard InChI is InChI=1S/C19H22ClN3O8/c1-10(17(26)29-9-19(21,7-24)8-25)23-13-5-12(20)14(6-15(13)31-18(23)27)30-11(2)16-22-3-4-28-16/h3-6,10-11,24-25H,7-9,21H2,1-2H3/t10-,11?/m1/s1. The molecular weight excluding hydrogens is 434 g/mol. The molecule has 0 aliphatic carbocycles. The van der Waals surface area contributed by atoms with Crippen molar-refractivity contribution in [1.82, 2.24) is 9.55 Å². The summed E-state index contributed by atoms with van der Waals surface area (Å²) in [6.45, 7) is 1.51. The van der Waals surface area contributed by atoms with Crippen LogP contribution in [0.4, 0.5) is 0 Å². The molecule has 0 spiro atoms. The number of oxazole rings is 2. The first-order chi connectivity index (χ1) is 14.7. The third kappa shape index (κ3) is 4.74. The molecule has 3 aromatic rings. The molecule has 1 aromatic carbocycles. The molecule has 0 bridgehead atoms. The van der Waals surface area contributed by atoms with Gasteiger partial charge in [-0.1, -0.05) is 11.6 Å². The molecule has 3 rings (SSSR count). The molecular formula is C19H22ClN3O8. The number of carbonyl (C=O) groups is 1. The first-order valence-corrected chi connectivity index (χ1v) is 9.64. The highest BCUT2D eigenvalue weighted by Gasteiger charge is 2.29. The minimum atomic E-state index is -1.49. The Morgan fingerprint density at radius 2 is 2.06 bits per heavy atom. The number of aliphatic hydroxyl groups is 2. The second kappa shape index (κ2) is 9.10. The number of hydrogen-bond donors (Lipinski definition) is 3. The van der Waals surface area contributed by atoms with E-state index < -0.39 is 49.2 Å². The maximum atomic E-state index is 12.4. The Morgan fingerprint density at radius 1 is 1.35 bits per heavy atom. The van der Waals surface area contributed by atoms with E-state index in [2.05, 4.69) is 4.98 Å². The molecule has 31 heavy (non-hydrogen) atoms. The fourth-order valence-corrected chi connectivity index (χ4v) is 2.95. The van der Waals surface area contributed by atoms with Crippen LogP contribution >= 0.6 is 11.6 Å². The van der Waals surface area contributed by atoms with Crippen LogP contribution < -0.4 is 16.2 Å². The minimum absolute atomic E-state index is 0.141. The van der Waals surface area contributed by atoms with Crippen molar-refractivity contribution in [3.8, 4) is 5.75 Å². The van der Waals surface area contributed by atoms with Crippen LogP contribution in [0, 0.1) is 0 Å². The van der Waals surface area contributed by atoms with Crippen LogP contribution in [0.2, 0.25) is 5.02 Å². The first kappa shape index (κ1) is 22.8. The number of nitrogens with zero attached hydrogens (tertiary/aromatic N) is 2. The monoisotopic (exact) mass is 455 g/mol. The normalized spacial score (nSPS) is 13.9. The van der Waals surface area contributed by atoms with E-state index in [9.17, 15) is 19.8 Å². The quantitative estimate of drug-likeness (QED) is 0.399. The SMILES string of the molecule is CC(Oc1cc2oc(=O)n([C@H](C)C(=O)OCC(N)(CO)CO)c2cc1Cl)c1ncco1. The van der Waals surface area contributed by atoms with E-state index in [0.29, 0.717) is 5.89 Å². The molecule has 4 N–H and O–H groups in total. The van der Waals surface area contributed by atoms with Crippen molar-refractivity contribution in [3.63, 3.8) is 0 Å². The summed E-state index contributed by atoms with van der Waals surface area (Å²) in [6.07, 6.45) is 2.34. The summed E-state index contributed by atoms with van der Waals surface area (Å²) in [5.74, 6) is -1.05. The zero-order valence-electron chi connectivity index (χ0n) is 16.8. The van der Waals surface area contributed by atoms with Gasteiger partial charge < -0.3 is 34.3 Å². The molecule has 0 fully saturated rings. The number of fused-ring (bicyclic) bond motifs is 1. The Balaban J connectivity index is 1.85. The Morgan fingerprint density at radius 3 is 2.68 bits per heavy atom. The van der Waals surface area contributed by atoms with Crippen molar-refractivity contribution >= 4 is 28.7 Å². The van der Waals surface area contributed by atoms with Gasteiger partial charge in [0.25, 0.3) is 0 Å². The number of esters is 1. The Kier molecular flexibility index (Phi) is 6.70. The number of aliphatic hydroxyl groups excluding tert-OH is 2. The summed E-state index contributed by atoms with van der Waals surface area (Å²) in [4.78, 5) is 28.8. The molecule has 2 atom stereocenters. The number of carbonyl (C=O) groups excluding carboxylic acids is 1. The van der Waals surface area contributed by atoms with E-state index in [1.54, 1.807) is 6.92 Å². The van der Waals surface area contributed by atoms with Gasteiger partial charge in [0.2, 0.25) is 5.89 Å². The van der Waals surface area contributed by atoms with Crippen LogP contribution in [0.5, 0.6) is 5.75 Å². The number of nitrogens with two attached hydrogens (primary N) is 1. The maximum Gasteiger partial charge on any atom is 0.420 e. The largest absolute Gasteiger partial charge is 0.479 e. The summed E-state index contributed by atoms with van der Waals surface area (Å²) < 4.78 is 22.3. The molecule has 11 nitrogen and oxygen atoms in total. The van der Waals surface area contributed by atoms with Crippen molar-refractivity contribution in [3.05, 3.63) is 46.1 Å². The summed E-state index contributed by atoms with van der Waals surface area (Å²) >= 11 is 6.31. The van der Waals surface area contributed by atoms with Gasteiger partial charge in [-0.25, -0.2) is 14.6 Å². The molecule has 2 aromatic heterocycles. The Hall–Kier alpha value is -2.86. The number of rotatable bonds is 9. The Bertz CT molecular complexity index is 1100. The lowest BCUT2D eigenvalue weighted by atomic mass is 10.1. The topological polar surface area (TPSA) is 163 Å². The van der Waals surface area contributed by atoms with E-state index in [1.807, 2.05) is 0 Å². The van der Waals surface area contributed by atoms with E-state index >= 15 is 0 Å². The molecule has 1 unspecified atom stereocenters. The van der Waals surface area contributed by atoms with E-state index in [4.69, 9.17) is 35.6 Å². The smallest absolute Gasteiger partial charge is 0.420 e. The van der Waals surface area contributed by atoms with Crippen molar-refractivity contribution in [2.45, 2.75) is 31.5 Å². The number of aromatic nitrogens is 2. The van der Waals surface area contributed by atoms with Gasteiger partial charge in [0, 0.05) is 6.07 Å². The third-order valence-corrected chi connectivity index (χ3v) is 4.93. The molecule has 0 aliphatic heterocycles. The summed E-state index contributed by atoms with van der Waals surface area (Å²) in [5, 5.41) is 18.6. The summed E-state index contributed by atoms with van der Waals surface area (Å²) in [7, 11) is 0. The van der Waals surface area contributed by atoms with Gasteiger partial charge in [-0.15, -0.1) is 0 Å². The van der Waals surface area contributed by atoms with E-state index in [0.717, 1.165) is 4.57 Å². The maximum absolute atomic E-state index is 12.4. The lowest BCUT2D eigenvalue weighted by Crippen LogP contribution is -2.52. The fraction of sp³-hybridized carbons (Fsp3) is 0.421. The molecule has 0 amide bonds. The summed E-state index contributed by atoms with van der Waals surface area (Å²) in [5.41, 5.74) is 4.59. The summed E-state index contributed by atoms with van der Waals surface area (Å²) in [6, 6.07) is 1.76. The highest BCUT2D eigenvalue weighted by Crippen LogP contribution is 2.33. The van der Waals surface area contributed by atoms with Crippen molar-refractivity contribution in [2.75, 3.05) is 19.8 Å². The second-order valence-corrected chi connectivity index (χ2v) is 7.49. The zero-order valence-corrected chi connectivity index (χ0v) is 17.5. The van der Waals surface area contributed by atoms with E-state index in [-0.39, 0.29) is 21.9 Å². The number of halogens is 1. The van der Waals surface area contributed by atoms with Crippen molar-refractivity contribution in [2.24, 2.45) is 5.73 Å². The van der Waals surface area contributed by atoms with Crippen LogP contribution in [-0.4, -0.2) is 51.1 Å². The average Bonchev–Trinajstić information content (AvgIpc) is 3.39. The molecule has 168 valence electrons. The van der Waals surface area contributed by atoms with Gasteiger partial charge in [-0.2, -0.15) is 0 Å². The molecule has 0 saturated carbocycles. The van der Waals surface area contributed by atoms with Crippen molar-refractivity contribution in [1.29, 1.82) is 0 Å². The fourth-order valence-electron chi connectivity index (χ4n) is 2.75. The predicted octanol–water partition coefficient (Wildman–Crippen LogP) is 1.16. The highest BCUT2D eigenvalue weighted by molar-refractivity contribution is 6.32. The number of benzene rings is 1. The number of ether oxygens (including phenoxy) is 2. The molecule has 12 heteroatoms. The third-order valence-electron chi connectivity index (χ3n) is 4.63. The lowest BCUT2D eigenvalue weighted by molar-refractivity contribution is -0.150. The van der Waals surface area contributed by atoms with Gasteiger partial charge in [-0.05, 0) is 19.9 Å². The average molecular weight is 456 g/mol. The molecule has 0 radical (unpaired) electrons. The van der Waals surface area contributed by atoms with Gasteiger partial charge in [0.15, 0.2) is 11.7 Å². The van der Waals surface area contributed by atoms with Gasteiger partial charge >= 0.3 is 11.7 Å². The van der Waals surface area contributed by atoms with E-state index in [1.165, 1.54) is 31.5 Å². The van der Waals surface area contributed by atoms with Crippen LogP contribution in [0.25, 0.3) is 11.1 Å². The molecule has 2 heterocycles. The Labute approximate surface area is 180 Å². The van der Waals surface area contributed by atoms with Gasteiger partial charge in [0.05, 0.1) is 35.5 Å². The first-order valence-electron chi connectivity index (χ1n) is 9.27. The zero-order chi connectivity index (χ0) is 22.8. The van der Waals surface area contributed by atoms with Crippen molar-refractivity contribution < 1.29 is 33.3 Å². The van der Waals surface area contributed by atoms with Gasteiger partial charge in [0.1, 0.15) is 24.7 Å². The lowest BCUT2D eigenvalue weighted by Gasteiger charge is -2.24. The van der Waals surface area contributed by atoms with Crippen LogP contribution in [0.15, 0.2) is 38.2 Å². The van der Waals surface area contributed by atoms with Crippen LogP contribution in [-0.2, 0) is 9.53 Å². The highest BCUT2D eigenvalue weighted by atomic mass is 35.5.